The Kier molecular flexibility index (Phi) is 3.67. The molecule has 0 bridgehead atoms. The fourth-order valence-corrected chi connectivity index (χ4v) is 1.82. The summed E-state index contributed by atoms with van der Waals surface area (Å²) in [5.74, 6) is 0. The van der Waals surface area contributed by atoms with E-state index >= 15 is 0 Å². The fourth-order valence-electron chi connectivity index (χ4n) is 0.607. The third-order valence-corrected chi connectivity index (χ3v) is 3.21. The summed E-state index contributed by atoms with van der Waals surface area (Å²) >= 11 is 0. The number of hydroxylamine groups is 3. The van der Waals surface area contributed by atoms with E-state index in [4.69, 9.17) is 0 Å². The highest BCUT2D eigenvalue weighted by molar-refractivity contribution is 7.53. The van der Waals surface area contributed by atoms with Crippen LogP contribution in [0.5, 0.6) is 0 Å². The van der Waals surface area contributed by atoms with Crippen LogP contribution in [0.4, 0.5) is 0 Å². The van der Waals surface area contributed by atoms with Crippen molar-refractivity contribution < 1.29 is 18.3 Å². The summed E-state index contributed by atoms with van der Waals surface area (Å²) in [6, 6.07) is 0. The molecule has 0 aromatic heterocycles. The van der Waals surface area contributed by atoms with Gasteiger partial charge in [0.2, 0.25) is 0 Å². The summed E-state index contributed by atoms with van der Waals surface area (Å²) in [4.78, 5) is 0. The van der Waals surface area contributed by atoms with E-state index in [2.05, 4.69) is 9.05 Å². The lowest BCUT2D eigenvalue weighted by atomic mass is 10.9. The van der Waals surface area contributed by atoms with Gasteiger partial charge in [0.05, 0.1) is 14.1 Å². The van der Waals surface area contributed by atoms with E-state index in [1.165, 1.54) is 28.3 Å². The molecule has 68 valence electrons. The van der Waals surface area contributed by atoms with E-state index in [-0.39, 0.29) is 6.29 Å². The lowest BCUT2D eigenvalue weighted by Gasteiger charge is -2.34. The van der Waals surface area contributed by atoms with Gasteiger partial charge in [0.15, 0.2) is 6.29 Å². The zero-order valence-electron chi connectivity index (χ0n) is 7.23. The van der Waals surface area contributed by atoms with E-state index in [1.807, 2.05) is 0 Å². The van der Waals surface area contributed by atoms with Crippen molar-refractivity contribution in [3.8, 4) is 0 Å². The number of hydrogen-bond donors (Lipinski definition) is 0. The maximum Gasteiger partial charge on any atom is 0.384 e. The van der Waals surface area contributed by atoms with Crippen molar-refractivity contribution in [2.45, 2.75) is 0 Å². The summed E-state index contributed by atoms with van der Waals surface area (Å²) in [6.45, 7) is 0. The zero-order chi connectivity index (χ0) is 9.12. The van der Waals surface area contributed by atoms with Crippen LogP contribution < -0.4 is 0 Å². The topological polar surface area (TPSA) is 58.6 Å². The van der Waals surface area contributed by atoms with E-state index in [1.54, 1.807) is 0 Å². The average molecular weight is 183 g/mol. The number of quaternary nitrogens is 1. The molecular formula is C5H14NO4P. The summed E-state index contributed by atoms with van der Waals surface area (Å²) < 4.78 is 19.8. The molecule has 0 radical (unpaired) electrons. The molecule has 0 aliphatic carbocycles. The first-order chi connectivity index (χ1) is 4.83. The van der Waals surface area contributed by atoms with Crippen LogP contribution in [-0.2, 0) is 13.6 Å². The molecule has 0 atom stereocenters. The van der Waals surface area contributed by atoms with E-state index in [0.29, 0.717) is 0 Å². The van der Waals surface area contributed by atoms with Crippen LogP contribution in [-0.4, -0.2) is 39.2 Å². The Bertz CT molecular complexity index is 156. The molecule has 0 aromatic carbocycles. The second-order valence-electron chi connectivity index (χ2n) is 2.69. The summed E-state index contributed by atoms with van der Waals surface area (Å²) in [6.07, 6.45) is -0.167. The van der Waals surface area contributed by atoms with Crippen LogP contribution in [0.25, 0.3) is 0 Å². The van der Waals surface area contributed by atoms with E-state index in [0.717, 1.165) is 0 Å². The zero-order valence-corrected chi connectivity index (χ0v) is 8.13. The highest BCUT2D eigenvalue weighted by atomic mass is 31.2. The molecule has 0 heterocycles. The highest BCUT2D eigenvalue weighted by Gasteiger charge is 2.27. The number of rotatable bonds is 4. The number of hydrogen-bond acceptors (Lipinski definition) is 4. The second-order valence-corrected chi connectivity index (χ2v) is 4.93. The van der Waals surface area contributed by atoms with E-state index < -0.39 is 12.2 Å². The molecule has 0 saturated carbocycles. The van der Waals surface area contributed by atoms with Crippen LogP contribution in [0.2, 0.25) is 0 Å². The van der Waals surface area contributed by atoms with Gasteiger partial charge in [-0.25, -0.2) is 0 Å². The van der Waals surface area contributed by atoms with Crippen molar-refractivity contribution in [1.82, 2.24) is 0 Å². The molecule has 0 aliphatic rings. The SMILES string of the molecule is COP(=O)(C[N+](C)(C)[O-])OC. The lowest BCUT2D eigenvalue weighted by molar-refractivity contribution is -0.828. The molecule has 0 N–H and O–H groups in total. The minimum atomic E-state index is -3.14. The largest absolute Gasteiger partial charge is 0.633 e. The Hall–Kier alpha value is 0.0700. The maximum atomic E-state index is 11.3. The van der Waals surface area contributed by atoms with Crippen LogP contribution in [0.3, 0.4) is 0 Å². The van der Waals surface area contributed by atoms with Gasteiger partial charge in [0.1, 0.15) is 0 Å². The minimum absolute atomic E-state index is 0.167. The monoisotopic (exact) mass is 183 g/mol. The summed E-state index contributed by atoms with van der Waals surface area (Å²) in [5.41, 5.74) is 0. The molecule has 0 spiro atoms. The minimum Gasteiger partial charge on any atom is -0.633 e. The molecule has 0 aliphatic heterocycles. The van der Waals surface area contributed by atoms with Gasteiger partial charge in [-0.3, -0.25) is 4.57 Å². The van der Waals surface area contributed by atoms with Gasteiger partial charge < -0.3 is 18.9 Å². The second kappa shape index (κ2) is 3.65. The highest BCUT2D eigenvalue weighted by Crippen LogP contribution is 2.47. The Balaban J connectivity index is 4.21. The van der Waals surface area contributed by atoms with Crippen LogP contribution in [0.15, 0.2) is 0 Å². The molecule has 11 heavy (non-hydrogen) atoms. The predicted molar refractivity (Wildman–Crippen MR) is 42.0 cm³/mol. The van der Waals surface area contributed by atoms with Crippen molar-refractivity contribution in [3.05, 3.63) is 5.21 Å². The van der Waals surface area contributed by atoms with Gasteiger partial charge in [-0.1, -0.05) is 0 Å². The molecule has 0 fully saturated rings. The molecular weight excluding hydrogens is 169 g/mol. The molecule has 0 amide bonds. The van der Waals surface area contributed by atoms with Gasteiger partial charge >= 0.3 is 7.60 Å². The predicted octanol–water partition coefficient (Wildman–Crippen LogP) is 1.00. The Morgan fingerprint density at radius 1 is 1.36 bits per heavy atom. The first kappa shape index (κ1) is 11.1. The molecule has 6 heteroatoms. The van der Waals surface area contributed by atoms with Crippen LogP contribution in [0, 0.1) is 5.21 Å². The van der Waals surface area contributed by atoms with Crippen LogP contribution >= 0.6 is 7.60 Å². The molecule has 0 saturated heterocycles. The van der Waals surface area contributed by atoms with Gasteiger partial charge in [0.25, 0.3) is 0 Å². The van der Waals surface area contributed by atoms with Gasteiger partial charge in [-0.2, -0.15) is 0 Å². The lowest BCUT2D eigenvalue weighted by Crippen LogP contribution is -2.33. The van der Waals surface area contributed by atoms with E-state index in [9.17, 15) is 9.77 Å². The molecule has 0 rings (SSSR count). The van der Waals surface area contributed by atoms with Gasteiger partial charge in [-0.05, 0) is 0 Å². The Labute approximate surface area is 66.6 Å². The summed E-state index contributed by atoms with van der Waals surface area (Å²) in [7, 11) is 2.14. The van der Waals surface area contributed by atoms with Crippen LogP contribution in [0.1, 0.15) is 0 Å². The Morgan fingerprint density at radius 2 is 1.73 bits per heavy atom. The molecule has 5 nitrogen and oxygen atoms in total. The summed E-state index contributed by atoms with van der Waals surface area (Å²) in [5, 5.41) is 11.0. The fraction of sp³-hybridized carbons (Fsp3) is 1.00. The van der Waals surface area contributed by atoms with Gasteiger partial charge in [0, 0.05) is 14.2 Å². The first-order valence-electron chi connectivity index (χ1n) is 3.07. The van der Waals surface area contributed by atoms with Crippen molar-refractivity contribution in [1.29, 1.82) is 0 Å². The maximum absolute atomic E-state index is 11.3. The average Bonchev–Trinajstić information content (AvgIpc) is 1.84. The van der Waals surface area contributed by atoms with Crippen molar-refractivity contribution in [3.63, 3.8) is 0 Å². The number of nitrogens with zero attached hydrogens (tertiary/aromatic N) is 1. The third kappa shape index (κ3) is 4.50. The standard InChI is InChI=1S/C5H14NO4P/c1-6(2,7)5-11(8,9-3)10-4/h5H2,1-4H3. The smallest absolute Gasteiger partial charge is 0.384 e. The van der Waals surface area contributed by atoms with Gasteiger partial charge in [-0.15, -0.1) is 0 Å². The third-order valence-electron chi connectivity index (χ3n) is 1.07. The van der Waals surface area contributed by atoms with Crippen molar-refractivity contribution in [2.24, 2.45) is 0 Å². The molecule has 0 unspecified atom stereocenters. The first-order valence-corrected chi connectivity index (χ1v) is 4.80. The molecule has 0 aromatic rings. The van der Waals surface area contributed by atoms with Crippen molar-refractivity contribution in [2.75, 3.05) is 34.6 Å². The normalized spacial score (nSPS) is 13.5. The van der Waals surface area contributed by atoms with Crippen molar-refractivity contribution >= 4 is 7.60 Å². The Morgan fingerprint density at radius 3 is 1.82 bits per heavy atom. The quantitative estimate of drug-likeness (QED) is 0.370.